The first kappa shape index (κ1) is 17.8. The molecule has 0 saturated carbocycles. The van der Waals surface area contributed by atoms with Gasteiger partial charge >= 0.3 is 0 Å². The van der Waals surface area contributed by atoms with Crippen molar-refractivity contribution in [1.29, 1.82) is 0 Å². The third-order valence-corrected chi connectivity index (χ3v) is 5.97. The van der Waals surface area contributed by atoms with E-state index in [1.54, 1.807) is 0 Å². The van der Waals surface area contributed by atoms with E-state index >= 15 is 0 Å². The molecule has 2 amide bonds. The molecule has 3 saturated heterocycles. The molecule has 2 aromatic rings. The van der Waals surface area contributed by atoms with Gasteiger partial charge in [0.05, 0.1) is 18.2 Å². The molecule has 0 N–H and O–H groups in total. The minimum absolute atomic E-state index is 0.0250. The molecule has 3 fully saturated rings. The van der Waals surface area contributed by atoms with E-state index in [2.05, 4.69) is 5.16 Å². The van der Waals surface area contributed by atoms with E-state index in [0.29, 0.717) is 19.6 Å². The number of rotatable bonds is 3. The third kappa shape index (κ3) is 3.13. The standard InChI is InChI=1S/C21H25N3O3/c1-13-6-4-5-7-18(13)21(26)23-10-16-8-9-17(11-23)24(20(16)25)12-19-14(2)22-27-15(19)3/h4-7,16-17H,8-12H2,1-3H3/t16-,17+/m0/s1. The number of carbonyl (C=O) groups excluding carboxylic acids is 2. The Morgan fingerprint density at radius 1 is 1.19 bits per heavy atom. The number of benzene rings is 1. The molecule has 0 radical (unpaired) electrons. The van der Waals surface area contributed by atoms with E-state index in [9.17, 15) is 9.59 Å². The van der Waals surface area contributed by atoms with E-state index in [-0.39, 0.29) is 23.8 Å². The van der Waals surface area contributed by atoms with Crippen LogP contribution in [0.3, 0.4) is 0 Å². The molecule has 6 heteroatoms. The molecule has 5 rings (SSSR count). The first-order chi connectivity index (χ1) is 13.0. The number of hydrogen-bond donors (Lipinski definition) is 0. The van der Waals surface area contributed by atoms with Gasteiger partial charge in [0.1, 0.15) is 5.76 Å². The molecule has 3 aliphatic rings. The highest BCUT2D eigenvalue weighted by Crippen LogP contribution is 2.32. The van der Waals surface area contributed by atoms with Crippen LogP contribution < -0.4 is 0 Å². The van der Waals surface area contributed by atoms with E-state index in [0.717, 1.165) is 41.0 Å². The van der Waals surface area contributed by atoms with Crippen LogP contribution in [0.5, 0.6) is 0 Å². The number of piperidine rings is 1. The average molecular weight is 367 g/mol. The van der Waals surface area contributed by atoms with Crippen molar-refractivity contribution in [1.82, 2.24) is 15.0 Å². The molecule has 6 nitrogen and oxygen atoms in total. The molecule has 1 aromatic carbocycles. The molecule has 0 aliphatic carbocycles. The Balaban J connectivity index is 1.59. The second-order valence-electron chi connectivity index (χ2n) is 7.72. The van der Waals surface area contributed by atoms with Crippen molar-refractivity contribution >= 4 is 11.8 Å². The van der Waals surface area contributed by atoms with E-state index in [4.69, 9.17) is 4.52 Å². The Morgan fingerprint density at radius 2 is 1.96 bits per heavy atom. The fourth-order valence-corrected chi connectivity index (χ4v) is 4.30. The first-order valence-corrected chi connectivity index (χ1v) is 9.53. The number of amides is 2. The number of hydrogen-bond acceptors (Lipinski definition) is 4. The minimum atomic E-state index is -0.128. The largest absolute Gasteiger partial charge is 0.361 e. The zero-order valence-electron chi connectivity index (χ0n) is 16.1. The fraction of sp³-hybridized carbons (Fsp3) is 0.476. The van der Waals surface area contributed by atoms with Gasteiger partial charge in [-0.25, -0.2) is 0 Å². The molecule has 3 aliphatic heterocycles. The SMILES string of the molecule is Cc1ccccc1C(=O)N1C[C@@H]2CC[C@H](C1)N(Cc1c(C)noc1C)C2=O. The van der Waals surface area contributed by atoms with E-state index in [1.807, 2.05) is 54.8 Å². The highest BCUT2D eigenvalue weighted by atomic mass is 16.5. The van der Waals surface area contributed by atoms with Gasteiger partial charge in [-0.3, -0.25) is 9.59 Å². The van der Waals surface area contributed by atoms with E-state index < -0.39 is 0 Å². The number of fused-ring (bicyclic) bond motifs is 4. The van der Waals surface area contributed by atoms with Crippen LogP contribution in [0.2, 0.25) is 0 Å². The molecule has 0 unspecified atom stereocenters. The fourth-order valence-electron chi connectivity index (χ4n) is 4.30. The molecule has 0 spiro atoms. The van der Waals surface area contributed by atoms with Gasteiger partial charge in [0.25, 0.3) is 5.91 Å². The van der Waals surface area contributed by atoms with Crippen LogP contribution in [0.15, 0.2) is 28.8 Å². The van der Waals surface area contributed by atoms with Crippen LogP contribution in [-0.2, 0) is 11.3 Å². The number of carbonyl (C=O) groups is 2. The zero-order valence-corrected chi connectivity index (χ0v) is 16.1. The van der Waals surface area contributed by atoms with Gasteiger partial charge in [-0.05, 0) is 45.2 Å². The predicted octanol–water partition coefficient (Wildman–Crippen LogP) is 2.86. The van der Waals surface area contributed by atoms with Gasteiger partial charge in [-0.2, -0.15) is 0 Å². The topological polar surface area (TPSA) is 66.7 Å². The van der Waals surface area contributed by atoms with Crippen molar-refractivity contribution in [2.75, 3.05) is 13.1 Å². The first-order valence-electron chi connectivity index (χ1n) is 9.53. The molecule has 2 bridgehead atoms. The summed E-state index contributed by atoms with van der Waals surface area (Å²) < 4.78 is 5.26. The molecule has 142 valence electrons. The third-order valence-electron chi connectivity index (χ3n) is 5.97. The van der Waals surface area contributed by atoms with Gasteiger partial charge in [0, 0.05) is 30.3 Å². The number of aryl methyl sites for hydroxylation is 3. The van der Waals surface area contributed by atoms with Gasteiger partial charge < -0.3 is 14.3 Å². The van der Waals surface area contributed by atoms with Crippen molar-refractivity contribution in [3.63, 3.8) is 0 Å². The van der Waals surface area contributed by atoms with Crippen LogP contribution in [0.25, 0.3) is 0 Å². The normalized spacial score (nSPS) is 22.3. The Morgan fingerprint density at radius 3 is 2.67 bits per heavy atom. The summed E-state index contributed by atoms with van der Waals surface area (Å²) in [6.07, 6.45) is 1.77. The van der Waals surface area contributed by atoms with Crippen molar-refractivity contribution < 1.29 is 14.1 Å². The lowest BCUT2D eigenvalue weighted by Gasteiger charge is -2.35. The zero-order chi connectivity index (χ0) is 19.1. The Kier molecular flexibility index (Phi) is 4.50. The Hall–Kier alpha value is -2.63. The van der Waals surface area contributed by atoms with Gasteiger partial charge in [-0.1, -0.05) is 23.4 Å². The van der Waals surface area contributed by atoms with Crippen molar-refractivity contribution in [2.24, 2.45) is 5.92 Å². The molecule has 4 heterocycles. The summed E-state index contributed by atoms with van der Waals surface area (Å²) in [7, 11) is 0. The van der Waals surface area contributed by atoms with Crippen molar-refractivity contribution in [2.45, 2.75) is 46.2 Å². The number of nitrogens with zero attached hydrogens (tertiary/aromatic N) is 3. The lowest BCUT2D eigenvalue weighted by atomic mass is 9.93. The highest BCUT2D eigenvalue weighted by Gasteiger charge is 2.42. The Bertz CT molecular complexity index is 869. The molecular formula is C21H25N3O3. The minimum Gasteiger partial charge on any atom is -0.361 e. The second-order valence-corrected chi connectivity index (χ2v) is 7.72. The predicted molar refractivity (Wildman–Crippen MR) is 100 cm³/mol. The maximum Gasteiger partial charge on any atom is 0.254 e. The van der Waals surface area contributed by atoms with Crippen molar-refractivity contribution in [3.8, 4) is 0 Å². The maximum absolute atomic E-state index is 13.1. The average Bonchev–Trinajstić information content (AvgIpc) is 2.83. The summed E-state index contributed by atoms with van der Waals surface area (Å²) in [6.45, 7) is 7.33. The van der Waals surface area contributed by atoms with Gasteiger partial charge in [-0.15, -0.1) is 0 Å². The summed E-state index contributed by atoms with van der Waals surface area (Å²) in [6, 6.07) is 7.69. The molecule has 2 atom stereocenters. The summed E-state index contributed by atoms with van der Waals surface area (Å²) in [5, 5.41) is 4.01. The van der Waals surface area contributed by atoms with Crippen LogP contribution in [-0.4, -0.2) is 45.9 Å². The summed E-state index contributed by atoms with van der Waals surface area (Å²) in [5.41, 5.74) is 3.50. The lowest BCUT2D eigenvalue weighted by Crippen LogP contribution is -2.47. The Labute approximate surface area is 159 Å². The van der Waals surface area contributed by atoms with Crippen molar-refractivity contribution in [3.05, 3.63) is 52.4 Å². The lowest BCUT2D eigenvalue weighted by molar-refractivity contribution is -0.140. The number of aromatic nitrogens is 1. The monoisotopic (exact) mass is 367 g/mol. The second kappa shape index (κ2) is 6.83. The van der Waals surface area contributed by atoms with Gasteiger partial charge in [0.2, 0.25) is 5.91 Å². The van der Waals surface area contributed by atoms with Crippen LogP contribution in [0, 0.1) is 26.7 Å². The van der Waals surface area contributed by atoms with Crippen LogP contribution in [0.4, 0.5) is 0 Å². The summed E-state index contributed by atoms with van der Waals surface area (Å²) in [5.74, 6) is 0.800. The van der Waals surface area contributed by atoms with Gasteiger partial charge in [0.15, 0.2) is 0 Å². The quantitative estimate of drug-likeness (QED) is 0.837. The maximum atomic E-state index is 13.1. The highest BCUT2D eigenvalue weighted by molar-refractivity contribution is 5.96. The van der Waals surface area contributed by atoms with E-state index in [1.165, 1.54) is 0 Å². The smallest absolute Gasteiger partial charge is 0.254 e. The molecular weight excluding hydrogens is 342 g/mol. The molecule has 27 heavy (non-hydrogen) atoms. The van der Waals surface area contributed by atoms with Crippen LogP contribution in [0.1, 0.15) is 45.8 Å². The summed E-state index contributed by atoms with van der Waals surface area (Å²) in [4.78, 5) is 30.0. The van der Waals surface area contributed by atoms with Crippen LogP contribution >= 0.6 is 0 Å². The summed E-state index contributed by atoms with van der Waals surface area (Å²) >= 11 is 0. The molecule has 1 aromatic heterocycles.